The number of benzene rings is 2. The Morgan fingerprint density at radius 1 is 1.05 bits per heavy atom. The summed E-state index contributed by atoms with van der Waals surface area (Å²) in [6.07, 6.45) is 4.19. The van der Waals surface area contributed by atoms with E-state index >= 15 is 0 Å². The van der Waals surface area contributed by atoms with E-state index in [1.807, 2.05) is 67.9 Å². The van der Waals surface area contributed by atoms with E-state index in [0.29, 0.717) is 41.1 Å². The Kier molecular flexibility index (Phi) is 11.0. The molecule has 3 N–H and O–H groups in total. The number of amides is 4. The van der Waals surface area contributed by atoms with Gasteiger partial charge >= 0.3 is 0 Å². The van der Waals surface area contributed by atoms with E-state index in [9.17, 15) is 19.2 Å². The van der Waals surface area contributed by atoms with Crippen LogP contribution in [0.15, 0.2) is 67.4 Å². The standard InChI is InChI=1S/C42H38ClN7O5S/c1-23(28-12-14-29(43)15-13-28)36-24(2)34(56-42(36)49-26(4)47-48-38(49)25(3)44)19-17-30-16-11-27(22-45-30)8-5-6-21-55-33-10-7-9-31-37(33)41(54)50(40(31)53)32-18-20-35(51)46-39(32)52/h7,9-16,22,25,32H,1,5-6,8,18,20-21,44H2,2-4H3,(H,46,51,52)/t25-,32?/m0/s1. The molecule has 1 fully saturated rings. The van der Waals surface area contributed by atoms with E-state index in [4.69, 9.17) is 22.1 Å². The molecule has 4 amide bonds. The van der Waals surface area contributed by atoms with E-state index in [2.05, 4.69) is 38.9 Å². The normalized spacial score (nSPS) is 15.7. The summed E-state index contributed by atoms with van der Waals surface area (Å²) < 4.78 is 7.96. The van der Waals surface area contributed by atoms with Crippen molar-refractivity contribution in [2.45, 2.75) is 65.0 Å². The molecule has 12 nitrogen and oxygen atoms in total. The third kappa shape index (κ3) is 7.51. The van der Waals surface area contributed by atoms with E-state index in [-0.39, 0.29) is 30.0 Å². The minimum Gasteiger partial charge on any atom is -0.493 e. The molecular weight excluding hydrogens is 750 g/mol. The molecule has 0 aliphatic carbocycles. The molecule has 0 bridgehead atoms. The molecule has 3 aromatic heterocycles. The Morgan fingerprint density at radius 2 is 1.84 bits per heavy atom. The number of aryl methyl sites for hydroxylation is 2. The summed E-state index contributed by atoms with van der Waals surface area (Å²) in [5, 5.41) is 12.4. The van der Waals surface area contributed by atoms with Crippen LogP contribution in [0.3, 0.4) is 0 Å². The molecule has 2 aliphatic rings. The van der Waals surface area contributed by atoms with Crippen LogP contribution in [0.25, 0.3) is 10.6 Å². The average molecular weight is 788 g/mol. The zero-order valence-corrected chi connectivity index (χ0v) is 32.6. The second-order valence-electron chi connectivity index (χ2n) is 13.7. The maximum Gasteiger partial charge on any atom is 0.266 e. The van der Waals surface area contributed by atoms with Crippen LogP contribution in [0.4, 0.5) is 0 Å². The highest BCUT2D eigenvalue weighted by atomic mass is 35.5. The lowest BCUT2D eigenvalue weighted by Gasteiger charge is -2.27. The van der Waals surface area contributed by atoms with Crippen molar-refractivity contribution < 1.29 is 23.9 Å². The predicted octanol–water partition coefficient (Wildman–Crippen LogP) is 6.28. The van der Waals surface area contributed by atoms with Crippen LogP contribution in [0, 0.1) is 25.7 Å². The molecule has 0 spiro atoms. The van der Waals surface area contributed by atoms with Gasteiger partial charge in [0.25, 0.3) is 11.8 Å². The zero-order valence-electron chi connectivity index (χ0n) is 31.0. The first kappa shape index (κ1) is 38.3. The van der Waals surface area contributed by atoms with Crippen LogP contribution in [-0.2, 0) is 16.0 Å². The molecule has 0 saturated carbocycles. The number of nitrogens with one attached hydrogen (secondary N) is 1. The first-order valence-electron chi connectivity index (χ1n) is 18.1. The first-order valence-corrected chi connectivity index (χ1v) is 19.3. The highest BCUT2D eigenvalue weighted by Gasteiger charge is 2.46. The third-order valence-corrected chi connectivity index (χ3v) is 11.2. The number of imide groups is 2. The number of hydrogen-bond donors (Lipinski definition) is 2. The van der Waals surface area contributed by atoms with Gasteiger partial charge in [0.1, 0.15) is 28.3 Å². The summed E-state index contributed by atoms with van der Waals surface area (Å²) >= 11 is 7.71. The highest BCUT2D eigenvalue weighted by molar-refractivity contribution is 7.15. The number of rotatable bonds is 11. The van der Waals surface area contributed by atoms with E-state index in [1.54, 1.807) is 18.2 Å². The lowest BCUT2D eigenvalue weighted by molar-refractivity contribution is -0.136. The summed E-state index contributed by atoms with van der Waals surface area (Å²) in [5.41, 5.74) is 12.0. The number of unbranched alkanes of at least 4 members (excludes halogenated alkanes) is 1. The Labute approximate surface area is 332 Å². The van der Waals surface area contributed by atoms with Gasteiger partial charge in [-0.1, -0.05) is 42.4 Å². The molecule has 284 valence electrons. The highest BCUT2D eigenvalue weighted by Crippen LogP contribution is 2.40. The second-order valence-corrected chi connectivity index (χ2v) is 15.1. The van der Waals surface area contributed by atoms with Gasteiger partial charge in [-0.3, -0.25) is 34.0 Å². The predicted molar refractivity (Wildman–Crippen MR) is 213 cm³/mol. The summed E-state index contributed by atoms with van der Waals surface area (Å²) in [6, 6.07) is 14.9. The molecule has 5 aromatic rings. The van der Waals surface area contributed by atoms with Gasteiger partial charge in [0.2, 0.25) is 11.8 Å². The number of carbonyl (C=O) groups excluding carboxylic acids is 4. The van der Waals surface area contributed by atoms with Gasteiger partial charge < -0.3 is 10.5 Å². The Morgan fingerprint density at radius 3 is 2.55 bits per heavy atom. The topological polar surface area (TPSA) is 162 Å². The average Bonchev–Trinajstić information content (AvgIpc) is 3.81. The van der Waals surface area contributed by atoms with Crippen LogP contribution in [0.5, 0.6) is 5.75 Å². The molecular formula is C42H38ClN7O5S. The fourth-order valence-corrected chi connectivity index (χ4v) is 8.21. The fourth-order valence-electron chi connectivity index (χ4n) is 6.83. The summed E-state index contributed by atoms with van der Waals surface area (Å²) in [7, 11) is 0. The number of piperidine rings is 1. The quantitative estimate of drug-likeness (QED) is 0.0892. The molecule has 5 heterocycles. The second kappa shape index (κ2) is 16.0. The monoisotopic (exact) mass is 787 g/mol. The number of hydrogen-bond acceptors (Lipinski definition) is 10. The van der Waals surface area contributed by atoms with Crippen LogP contribution in [0.1, 0.15) is 104 Å². The minimum absolute atomic E-state index is 0.0556. The van der Waals surface area contributed by atoms with Gasteiger partial charge in [-0.05, 0) is 111 Å². The van der Waals surface area contributed by atoms with Gasteiger partial charge in [-0.2, -0.15) is 0 Å². The molecule has 0 radical (unpaired) electrons. The summed E-state index contributed by atoms with van der Waals surface area (Å²) in [5.74, 6) is 5.98. The molecule has 1 unspecified atom stereocenters. The van der Waals surface area contributed by atoms with Crippen molar-refractivity contribution in [2.75, 3.05) is 6.61 Å². The molecule has 2 atom stereocenters. The van der Waals surface area contributed by atoms with E-state index in [0.717, 1.165) is 55.4 Å². The maximum atomic E-state index is 13.3. The largest absolute Gasteiger partial charge is 0.493 e. The van der Waals surface area contributed by atoms with E-state index in [1.165, 1.54) is 11.3 Å². The minimum atomic E-state index is -1.03. The number of carbonyl (C=O) groups is 4. The van der Waals surface area contributed by atoms with Crippen molar-refractivity contribution in [3.8, 4) is 22.6 Å². The lowest BCUT2D eigenvalue weighted by Crippen LogP contribution is -2.54. The van der Waals surface area contributed by atoms with Crippen molar-refractivity contribution in [1.82, 2.24) is 30.0 Å². The van der Waals surface area contributed by atoms with Crippen molar-refractivity contribution >= 4 is 52.1 Å². The summed E-state index contributed by atoms with van der Waals surface area (Å²) in [4.78, 5) is 56.9. The summed E-state index contributed by atoms with van der Waals surface area (Å²) in [6.45, 7) is 10.6. The smallest absolute Gasteiger partial charge is 0.266 e. The SMILES string of the molecule is C=C(c1ccc(Cl)cc1)c1c(-n2c(C)nnc2[C@H](C)N)sc(C#Cc2ccc(CCCCOc3cccc4c3C(=O)N(C3CCC(=O)NC3=O)C4=O)cn2)c1C. The number of nitrogens with zero attached hydrogens (tertiary/aromatic N) is 5. The number of nitrogens with two attached hydrogens (primary N) is 1. The van der Waals surface area contributed by atoms with Gasteiger partial charge in [-0.25, -0.2) is 4.98 Å². The van der Waals surface area contributed by atoms with Crippen LogP contribution >= 0.6 is 22.9 Å². The fraction of sp³-hybridized carbons (Fsp3) is 0.262. The molecule has 1 saturated heterocycles. The van der Waals surface area contributed by atoms with Gasteiger partial charge in [0.15, 0.2) is 5.82 Å². The van der Waals surface area contributed by atoms with Crippen LogP contribution in [-0.4, -0.2) is 60.9 Å². The van der Waals surface area contributed by atoms with Gasteiger partial charge in [-0.15, -0.1) is 21.5 Å². The van der Waals surface area contributed by atoms with Crippen LogP contribution in [0.2, 0.25) is 5.02 Å². The molecule has 7 rings (SSSR count). The molecule has 2 aromatic carbocycles. The lowest BCUT2D eigenvalue weighted by atomic mass is 9.97. The van der Waals surface area contributed by atoms with Crippen molar-refractivity contribution in [1.29, 1.82) is 0 Å². The van der Waals surface area contributed by atoms with Crippen molar-refractivity contribution in [3.63, 3.8) is 0 Å². The first-order chi connectivity index (χ1) is 26.9. The molecule has 14 heteroatoms. The Balaban J connectivity index is 1.000. The number of ether oxygens (including phenoxy) is 1. The number of thiophene rings is 1. The number of pyridine rings is 1. The zero-order chi connectivity index (χ0) is 39.7. The van der Waals surface area contributed by atoms with Crippen LogP contribution < -0.4 is 15.8 Å². The van der Waals surface area contributed by atoms with Crippen molar-refractivity contribution in [2.24, 2.45) is 5.73 Å². The number of aromatic nitrogens is 4. The van der Waals surface area contributed by atoms with E-state index < -0.39 is 29.7 Å². The Hall–Kier alpha value is -5.94. The van der Waals surface area contributed by atoms with Crippen molar-refractivity contribution in [3.05, 3.63) is 128 Å². The number of fused-ring (bicyclic) bond motifs is 1. The maximum absolute atomic E-state index is 13.3. The third-order valence-electron chi connectivity index (χ3n) is 9.76. The Bertz CT molecular complexity index is 2460. The van der Waals surface area contributed by atoms with Gasteiger partial charge in [0, 0.05) is 23.2 Å². The molecule has 56 heavy (non-hydrogen) atoms. The molecule has 2 aliphatic heterocycles. The number of halogens is 1. The van der Waals surface area contributed by atoms with Gasteiger partial charge in [0.05, 0.1) is 28.7 Å².